The van der Waals surface area contributed by atoms with Gasteiger partial charge < -0.3 is 15.7 Å². The summed E-state index contributed by atoms with van der Waals surface area (Å²) in [6.07, 6.45) is 2.08. The summed E-state index contributed by atoms with van der Waals surface area (Å²) >= 11 is 0. The molecule has 0 bridgehead atoms. The molecule has 0 fully saturated rings. The van der Waals surface area contributed by atoms with Gasteiger partial charge >= 0.3 is 5.97 Å². The number of carbonyl (C=O) groups is 2. The Labute approximate surface area is 120 Å². The molecule has 0 saturated heterocycles. The second-order valence-corrected chi connectivity index (χ2v) is 4.83. The van der Waals surface area contributed by atoms with Crippen LogP contribution in [0.1, 0.15) is 26.4 Å². The number of carboxylic acid groups (broad SMARTS) is 1. The summed E-state index contributed by atoms with van der Waals surface area (Å²) in [5.74, 6) is -1.18. The summed E-state index contributed by atoms with van der Waals surface area (Å²) in [5.41, 5.74) is 8.21. The second kappa shape index (κ2) is 4.90. The molecular formula is C15H13N3O3. The predicted molar refractivity (Wildman–Crippen MR) is 77.4 cm³/mol. The van der Waals surface area contributed by atoms with Crippen LogP contribution in [0.2, 0.25) is 0 Å². The van der Waals surface area contributed by atoms with Crippen LogP contribution >= 0.6 is 0 Å². The zero-order valence-corrected chi connectivity index (χ0v) is 11.1. The Balaban J connectivity index is 1.92. The number of carbonyl (C=O) groups excluding carboxylic acids is 1. The van der Waals surface area contributed by atoms with Gasteiger partial charge in [-0.25, -0.2) is 9.78 Å². The lowest BCUT2D eigenvalue weighted by atomic mass is 10.1. The predicted octanol–water partition coefficient (Wildman–Crippen LogP) is 1.56. The van der Waals surface area contributed by atoms with E-state index in [0.29, 0.717) is 24.3 Å². The largest absolute Gasteiger partial charge is 0.478 e. The molecule has 0 unspecified atom stereocenters. The van der Waals surface area contributed by atoms with Gasteiger partial charge in [-0.1, -0.05) is 0 Å². The number of hydrogen-bond acceptors (Lipinski definition) is 4. The Hall–Kier alpha value is -2.89. The van der Waals surface area contributed by atoms with E-state index < -0.39 is 5.97 Å². The number of fused-ring (bicyclic) bond motifs is 1. The summed E-state index contributed by atoms with van der Waals surface area (Å²) in [7, 11) is 0. The van der Waals surface area contributed by atoms with E-state index in [9.17, 15) is 9.59 Å². The molecular weight excluding hydrogens is 270 g/mol. The fraction of sp³-hybridized carbons (Fsp3) is 0.133. The Morgan fingerprint density at radius 3 is 2.71 bits per heavy atom. The van der Waals surface area contributed by atoms with Gasteiger partial charge in [0, 0.05) is 12.2 Å². The molecule has 3 rings (SSSR count). The van der Waals surface area contributed by atoms with Crippen LogP contribution in [0.3, 0.4) is 0 Å². The van der Waals surface area contributed by atoms with E-state index >= 15 is 0 Å². The Kier molecular flexibility index (Phi) is 3.06. The minimum absolute atomic E-state index is 0.211. The van der Waals surface area contributed by atoms with Crippen molar-refractivity contribution in [1.82, 2.24) is 4.98 Å². The zero-order chi connectivity index (χ0) is 15.0. The van der Waals surface area contributed by atoms with Gasteiger partial charge in [0.05, 0.1) is 17.4 Å². The highest BCUT2D eigenvalue weighted by atomic mass is 16.4. The normalized spacial score (nSPS) is 13.0. The maximum Gasteiger partial charge on any atom is 0.335 e. The lowest BCUT2D eigenvalue weighted by Gasteiger charge is -2.17. The number of nitrogens with two attached hydrogens (primary N) is 1. The van der Waals surface area contributed by atoms with E-state index in [1.54, 1.807) is 29.2 Å². The van der Waals surface area contributed by atoms with Crippen LogP contribution in [-0.2, 0) is 6.42 Å². The number of carboxylic acids is 1. The molecule has 6 heteroatoms. The third-order valence-corrected chi connectivity index (χ3v) is 3.47. The van der Waals surface area contributed by atoms with Crippen molar-refractivity contribution in [2.75, 3.05) is 17.2 Å². The van der Waals surface area contributed by atoms with Crippen LogP contribution in [0, 0.1) is 0 Å². The molecule has 1 aromatic heterocycles. The fourth-order valence-corrected chi connectivity index (χ4v) is 2.42. The minimum Gasteiger partial charge on any atom is -0.478 e. The first-order valence-corrected chi connectivity index (χ1v) is 6.46. The van der Waals surface area contributed by atoms with Gasteiger partial charge in [0.1, 0.15) is 5.69 Å². The summed E-state index contributed by atoms with van der Waals surface area (Å²) in [6, 6.07) is 8.00. The molecule has 1 aromatic carbocycles. The number of amides is 1. The first-order chi connectivity index (χ1) is 10.1. The summed E-state index contributed by atoms with van der Waals surface area (Å²) in [6.45, 7) is 0.517. The van der Waals surface area contributed by atoms with Gasteiger partial charge in [-0.15, -0.1) is 0 Å². The molecule has 106 valence electrons. The molecule has 0 aliphatic carbocycles. The standard InChI is InChI=1S/C15H13N3O3/c16-11-2-3-12(17-8-11)14(19)18-6-5-9-7-10(15(20)21)1-4-13(9)18/h1-4,7-8H,5-6,16H2,(H,20,21). The maximum atomic E-state index is 12.4. The van der Waals surface area contributed by atoms with Crippen molar-refractivity contribution in [3.63, 3.8) is 0 Å². The van der Waals surface area contributed by atoms with Crippen LogP contribution in [0.25, 0.3) is 0 Å². The average Bonchev–Trinajstić information content (AvgIpc) is 2.90. The molecule has 2 heterocycles. The Morgan fingerprint density at radius 2 is 2.05 bits per heavy atom. The van der Waals surface area contributed by atoms with Crippen molar-refractivity contribution in [3.8, 4) is 0 Å². The molecule has 1 aliphatic rings. The van der Waals surface area contributed by atoms with Crippen molar-refractivity contribution in [2.24, 2.45) is 0 Å². The van der Waals surface area contributed by atoms with Crippen molar-refractivity contribution < 1.29 is 14.7 Å². The number of nitrogen functional groups attached to an aromatic ring is 1. The highest BCUT2D eigenvalue weighted by Crippen LogP contribution is 2.30. The lowest BCUT2D eigenvalue weighted by Crippen LogP contribution is -2.29. The number of aromatic nitrogens is 1. The van der Waals surface area contributed by atoms with Crippen molar-refractivity contribution in [2.45, 2.75) is 6.42 Å². The number of pyridine rings is 1. The molecule has 21 heavy (non-hydrogen) atoms. The minimum atomic E-state index is -0.970. The molecule has 6 nitrogen and oxygen atoms in total. The van der Waals surface area contributed by atoms with Gasteiger partial charge in [-0.2, -0.15) is 0 Å². The molecule has 1 amide bonds. The number of nitrogens with zero attached hydrogens (tertiary/aromatic N) is 2. The lowest BCUT2D eigenvalue weighted by molar-refractivity contribution is 0.0696. The monoisotopic (exact) mass is 283 g/mol. The van der Waals surface area contributed by atoms with E-state index in [0.717, 1.165) is 11.3 Å². The third-order valence-electron chi connectivity index (χ3n) is 3.47. The van der Waals surface area contributed by atoms with Crippen molar-refractivity contribution in [1.29, 1.82) is 0 Å². The van der Waals surface area contributed by atoms with E-state index in [1.165, 1.54) is 12.3 Å². The van der Waals surface area contributed by atoms with E-state index in [4.69, 9.17) is 10.8 Å². The quantitative estimate of drug-likeness (QED) is 0.872. The van der Waals surface area contributed by atoms with Gasteiger partial charge in [-0.05, 0) is 42.3 Å². The molecule has 3 N–H and O–H groups in total. The van der Waals surface area contributed by atoms with Gasteiger partial charge in [-0.3, -0.25) is 4.79 Å². The number of benzene rings is 1. The molecule has 0 saturated carbocycles. The SMILES string of the molecule is Nc1ccc(C(=O)N2CCc3cc(C(=O)O)ccc32)nc1. The third kappa shape index (κ3) is 2.31. The van der Waals surface area contributed by atoms with Crippen molar-refractivity contribution in [3.05, 3.63) is 53.3 Å². The van der Waals surface area contributed by atoms with Crippen LogP contribution in [0.4, 0.5) is 11.4 Å². The van der Waals surface area contributed by atoms with Crippen LogP contribution < -0.4 is 10.6 Å². The topological polar surface area (TPSA) is 96.5 Å². The number of hydrogen-bond donors (Lipinski definition) is 2. The molecule has 0 radical (unpaired) electrons. The van der Waals surface area contributed by atoms with E-state index in [1.807, 2.05) is 0 Å². The van der Waals surface area contributed by atoms with E-state index in [-0.39, 0.29) is 11.5 Å². The Morgan fingerprint density at radius 1 is 1.24 bits per heavy atom. The van der Waals surface area contributed by atoms with Gasteiger partial charge in [0.25, 0.3) is 5.91 Å². The molecule has 1 aliphatic heterocycles. The van der Waals surface area contributed by atoms with Gasteiger partial charge in [0.2, 0.25) is 0 Å². The maximum absolute atomic E-state index is 12.4. The van der Waals surface area contributed by atoms with Gasteiger partial charge in [0.15, 0.2) is 0 Å². The molecule has 0 spiro atoms. The summed E-state index contributed by atoms with van der Waals surface area (Å²) in [5, 5.41) is 8.99. The summed E-state index contributed by atoms with van der Waals surface area (Å²) in [4.78, 5) is 29.1. The second-order valence-electron chi connectivity index (χ2n) is 4.83. The highest BCUT2D eigenvalue weighted by molar-refractivity contribution is 6.06. The number of anilines is 2. The Bertz CT molecular complexity index is 725. The van der Waals surface area contributed by atoms with E-state index in [2.05, 4.69) is 4.98 Å². The summed E-state index contributed by atoms with van der Waals surface area (Å²) < 4.78 is 0. The zero-order valence-electron chi connectivity index (χ0n) is 11.1. The van der Waals surface area contributed by atoms with Crippen molar-refractivity contribution >= 4 is 23.3 Å². The van der Waals surface area contributed by atoms with Crippen LogP contribution in [0.5, 0.6) is 0 Å². The number of rotatable bonds is 2. The first kappa shape index (κ1) is 13.1. The first-order valence-electron chi connectivity index (χ1n) is 6.46. The molecule has 2 aromatic rings. The average molecular weight is 283 g/mol. The van der Waals surface area contributed by atoms with Crippen LogP contribution in [-0.4, -0.2) is 28.5 Å². The smallest absolute Gasteiger partial charge is 0.335 e. The fourth-order valence-electron chi connectivity index (χ4n) is 2.42. The molecule has 0 atom stereocenters. The highest BCUT2D eigenvalue weighted by Gasteiger charge is 2.26. The van der Waals surface area contributed by atoms with Crippen LogP contribution in [0.15, 0.2) is 36.5 Å². The number of aromatic carboxylic acids is 1.